The van der Waals surface area contributed by atoms with Crippen molar-refractivity contribution in [1.29, 1.82) is 0 Å². The van der Waals surface area contributed by atoms with Crippen LogP contribution < -0.4 is 5.43 Å². The summed E-state index contributed by atoms with van der Waals surface area (Å²) in [5.74, 6) is 0.960. The van der Waals surface area contributed by atoms with E-state index in [1.54, 1.807) is 18.2 Å². The maximum absolute atomic E-state index is 12.0. The van der Waals surface area contributed by atoms with Crippen LogP contribution >= 0.6 is 0 Å². The maximum atomic E-state index is 12.0. The zero-order valence-electron chi connectivity index (χ0n) is 19.0. The van der Waals surface area contributed by atoms with Gasteiger partial charge in [-0.2, -0.15) is 0 Å². The standard InChI is InChI=1S/C16H19N.C13H10O2.CH4/c1-5-7-13-14-10-8-12(3)9-11-16(14)17(4)15(13)6-2;1-3-9-11(4-2)15-12-8-6-5-7-10(12)13(9)14;/h5-12H,2H2,1,3-4H3;3-8H,1-2H2;1H4/b7-5-;;. The average Bonchev–Trinajstić information content (AvgIpc) is 2.92. The molecule has 3 aromatic rings. The van der Waals surface area contributed by atoms with Gasteiger partial charge in [-0.3, -0.25) is 4.79 Å². The first-order valence-corrected chi connectivity index (χ1v) is 10.6. The van der Waals surface area contributed by atoms with Crippen molar-refractivity contribution in [3.63, 3.8) is 0 Å². The monoisotopic (exact) mass is 439 g/mol. The van der Waals surface area contributed by atoms with Crippen LogP contribution in [-0.4, -0.2) is 4.57 Å². The van der Waals surface area contributed by atoms with Crippen LogP contribution in [0.1, 0.15) is 55.1 Å². The normalized spacial score (nSPS) is 14.1. The van der Waals surface area contributed by atoms with E-state index in [0.29, 0.717) is 28.2 Å². The van der Waals surface area contributed by atoms with Gasteiger partial charge in [0.2, 0.25) is 5.43 Å². The molecule has 1 aliphatic carbocycles. The highest BCUT2D eigenvalue weighted by molar-refractivity contribution is 5.81. The van der Waals surface area contributed by atoms with Crippen molar-refractivity contribution in [2.45, 2.75) is 21.3 Å². The van der Waals surface area contributed by atoms with E-state index in [4.69, 9.17) is 4.42 Å². The minimum Gasteiger partial charge on any atom is -0.456 e. The molecule has 0 saturated heterocycles. The highest BCUT2D eigenvalue weighted by Crippen LogP contribution is 2.30. The quantitative estimate of drug-likeness (QED) is 0.412. The molecule has 3 heteroatoms. The number of nitrogens with zero attached hydrogens (tertiary/aromatic N) is 1. The Morgan fingerprint density at radius 1 is 1.00 bits per heavy atom. The molecule has 3 nitrogen and oxygen atoms in total. The summed E-state index contributed by atoms with van der Waals surface area (Å²) in [7, 11) is 2.09. The third-order valence-electron chi connectivity index (χ3n) is 5.47. The van der Waals surface area contributed by atoms with E-state index >= 15 is 0 Å². The lowest BCUT2D eigenvalue weighted by Gasteiger charge is -2.02. The summed E-state index contributed by atoms with van der Waals surface area (Å²) < 4.78 is 7.73. The summed E-state index contributed by atoms with van der Waals surface area (Å²) >= 11 is 0. The highest BCUT2D eigenvalue weighted by Gasteiger charge is 2.15. The summed E-state index contributed by atoms with van der Waals surface area (Å²) in [5, 5.41) is 0.568. The lowest BCUT2D eigenvalue weighted by molar-refractivity contribution is 0.589. The van der Waals surface area contributed by atoms with Crippen LogP contribution in [-0.2, 0) is 7.05 Å². The minimum absolute atomic E-state index is 0. The number of rotatable bonds is 4. The van der Waals surface area contributed by atoms with Crippen LogP contribution in [0.5, 0.6) is 0 Å². The number of aromatic nitrogens is 1. The fourth-order valence-corrected chi connectivity index (χ4v) is 3.81. The first kappa shape index (κ1) is 25.4. The first-order valence-electron chi connectivity index (χ1n) is 10.6. The van der Waals surface area contributed by atoms with Gasteiger partial charge in [0, 0.05) is 29.6 Å². The Kier molecular flexibility index (Phi) is 8.58. The van der Waals surface area contributed by atoms with Gasteiger partial charge in [-0.15, -0.1) is 0 Å². The molecule has 0 saturated carbocycles. The molecule has 0 bridgehead atoms. The molecule has 2 aromatic heterocycles. The molecule has 170 valence electrons. The van der Waals surface area contributed by atoms with Gasteiger partial charge in [0.25, 0.3) is 0 Å². The van der Waals surface area contributed by atoms with Crippen LogP contribution in [0.3, 0.4) is 0 Å². The van der Waals surface area contributed by atoms with Crippen molar-refractivity contribution in [2.75, 3.05) is 0 Å². The molecule has 1 aliphatic rings. The topological polar surface area (TPSA) is 35.1 Å². The van der Waals surface area contributed by atoms with Crippen LogP contribution in [0.4, 0.5) is 0 Å². The number of hydrogen-bond acceptors (Lipinski definition) is 2. The second kappa shape index (κ2) is 11.1. The number of benzene rings is 1. The van der Waals surface area contributed by atoms with Gasteiger partial charge in [-0.05, 0) is 43.2 Å². The fraction of sp³-hybridized carbons (Fsp3) is 0.167. The van der Waals surface area contributed by atoms with Crippen LogP contribution in [0.2, 0.25) is 0 Å². The van der Waals surface area contributed by atoms with Crippen LogP contribution in [0.15, 0.2) is 71.4 Å². The predicted molar refractivity (Wildman–Crippen MR) is 147 cm³/mol. The van der Waals surface area contributed by atoms with Gasteiger partial charge >= 0.3 is 0 Å². The van der Waals surface area contributed by atoms with E-state index in [0.717, 1.165) is 0 Å². The molecular weight excluding hydrogens is 406 g/mol. The molecule has 0 fully saturated rings. The van der Waals surface area contributed by atoms with Crippen molar-refractivity contribution in [1.82, 2.24) is 4.57 Å². The van der Waals surface area contributed by atoms with E-state index in [1.165, 1.54) is 34.7 Å². The summed E-state index contributed by atoms with van der Waals surface area (Å²) in [4.78, 5) is 12.0. The van der Waals surface area contributed by atoms with Crippen molar-refractivity contribution in [2.24, 2.45) is 13.0 Å². The zero-order valence-corrected chi connectivity index (χ0v) is 19.0. The van der Waals surface area contributed by atoms with Crippen molar-refractivity contribution >= 4 is 47.4 Å². The van der Waals surface area contributed by atoms with Crippen molar-refractivity contribution < 1.29 is 4.42 Å². The Labute approximate surface area is 197 Å². The van der Waals surface area contributed by atoms with E-state index in [9.17, 15) is 4.79 Å². The molecule has 0 radical (unpaired) electrons. The van der Waals surface area contributed by atoms with Crippen LogP contribution in [0.25, 0.3) is 47.4 Å². The zero-order chi connectivity index (χ0) is 23.3. The Morgan fingerprint density at radius 3 is 2.33 bits per heavy atom. The summed E-state index contributed by atoms with van der Waals surface area (Å²) in [6, 6.07) is 7.13. The molecule has 2 heterocycles. The second-order valence-corrected chi connectivity index (χ2v) is 7.55. The molecule has 1 unspecified atom stereocenters. The number of hydrogen-bond donors (Lipinski definition) is 0. The summed E-state index contributed by atoms with van der Waals surface area (Å²) in [6.45, 7) is 15.4. The lowest BCUT2D eigenvalue weighted by atomic mass is 10.1. The molecule has 0 aliphatic heterocycles. The molecule has 4 rings (SSSR count). The molecule has 33 heavy (non-hydrogen) atoms. The van der Waals surface area contributed by atoms with Gasteiger partial charge in [-0.25, -0.2) is 0 Å². The number of fused-ring (bicyclic) bond motifs is 2. The second-order valence-electron chi connectivity index (χ2n) is 7.55. The van der Waals surface area contributed by atoms with Gasteiger partial charge < -0.3 is 8.98 Å². The predicted octanol–water partition coefficient (Wildman–Crippen LogP) is 8.09. The smallest absolute Gasteiger partial charge is 0.200 e. The Hall–Kier alpha value is -3.85. The minimum atomic E-state index is -0.0678. The Balaban J connectivity index is 0.000000228. The molecule has 0 spiro atoms. The Bertz CT molecular complexity index is 1330. The molecule has 1 atom stereocenters. The summed E-state index contributed by atoms with van der Waals surface area (Å²) in [6.07, 6.45) is 18.1. The number of para-hydroxylation sites is 1. The maximum Gasteiger partial charge on any atom is 0.200 e. The number of allylic oxidation sites excluding steroid dienone is 3. The molecule has 1 aromatic carbocycles. The molecule has 0 N–H and O–H groups in total. The van der Waals surface area contributed by atoms with Gasteiger partial charge in [0.15, 0.2) is 0 Å². The van der Waals surface area contributed by atoms with Crippen molar-refractivity contribution in [3.8, 4) is 0 Å². The molecular formula is C30H33NO2. The summed E-state index contributed by atoms with van der Waals surface area (Å²) in [5.41, 5.74) is 5.95. The molecule has 0 amide bonds. The third kappa shape index (κ3) is 4.98. The van der Waals surface area contributed by atoms with E-state index in [-0.39, 0.29) is 12.9 Å². The van der Waals surface area contributed by atoms with Crippen LogP contribution in [0, 0.1) is 5.92 Å². The van der Waals surface area contributed by atoms with Gasteiger partial charge in [0.05, 0.1) is 10.9 Å². The highest BCUT2D eigenvalue weighted by atomic mass is 16.3. The van der Waals surface area contributed by atoms with Crippen molar-refractivity contribution in [3.05, 3.63) is 106 Å². The van der Waals surface area contributed by atoms with Gasteiger partial charge in [-0.1, -0.05) is 82.7 Å². The largest absolute Gasteiger partial charge is 0.456 e. The lowest BCUT2D eigenvalue weighted by Crippen LogP contribution is -2.06. The van der Waals surface area contributed by atoms with E-state index in [2.05, 4.69) is 74.7 Å². The van der Waals surface area contributed by atoms with E-state index < -0.39 is 0 Å². The third-order valence-corrected chi connectivity index (χ3v) is 5.47. The fourth-order valence-electron chi connectivity index (χ4n) is 3.81. The first-order chi connectivity index (χ1) is 15.5. The Morgan fingerprint density at radius 2 is 1.70 bits per heavy atom. The van der Waals surface area contributed by atoms with E-state index in [1.807, 2.05) is 19.1 Å². The SMILES string of the molecule is C.C=Cc1c(/C=C\C)c2c(n1C)C=CC(C)C=C2.C=Cc1oc2ccccc2c(=O)c1C=C. The average molecular weight is 440 g/mol. The van der Waals surface area contributed by atoms with Gasteiger partial charge in [0.1, 0.15) is 11.3 Å².